The fraction of sp³-hybridized carbons (Fsp3) is 0.182. The number of thioether (sulfide) groups is 1. The maximum absolute atomic E-state index is 10.9. The van der Waals surface area contributed by atoms with Gasteiger partial charge < -0.3 is 5.32 Å². The lowest BCUT2D eigenvalue weighted by atomic mass is 10.2. The molecule has 0 radical (unpaired) electrons. The van der Waals surface area contributed by atoms with Gasteiger partial charge in [-0.1, -0.05) is 41.6 Å². The van der Waals surface area contributed by atoms with Gasteiger partial charge in [-0.3, -0.25) is 4.79 Å². The molecule has 82 valence electrons. The smallest absolute Gasteiger partial charge is 0.236 e. The summed E-state index contributed by atoms with van der Waals surface area (Å²) in [6, 6.07) is 7.97. The molecule has 0 saturated carbocycles. The van der Waals surface area contributed by atoms with Crippen molar-refractivity contribution in [3.05, 3.63) is 35.4 Å². The van der Waals surface area contributed by atoms with Gasteiger partial charge in [-0.05, 0) is 12.5 Å². The van der Waals surface area contributed by atoms with E-state index >= 15 is 0 Å². The van der Waals surface area contributed by atoms with E-state index in [4.69, 9.17) is 0 Å². The first-order valence-corrected chi connectivity index (χ1v) is 5.83. The Kier molecular flexibility index (Phi) is 3.36. The molecule has 1 aliphatic heterocycles. The lowest BCUT2D eigenvalue weighted by molar-refractivity contribution is -0.116. The van der Waals surface area contributed by atoms with Crippen molar-refractivity contribution in [3.8, 4) is 0 Å². The number of amidine groups is 1. The lowest BCUT2D eigenvalue weighted by Gasteiger charge is -1.93. The van der Waals surface area contributed by atoms with Gasteiger partial charge in [0.15, 0.2) is 5.17 Å². The molecule has 1 fully saturated rings. The van der Waals surface area contributed by atoms with Gasteiger partial charge >= 0.3 is 0 Å². The second kappa shape index (κ2) is 4.94. The molecule has 0 aliphatic carbocycles. The van der Waals surface area contributed by atoms with Gasteiger partial charge in [0.25, 0.3) is 0 Å². The molecule has 2 rings (SSSR count). The average molecular weight is 233 g/mol. The van der Waals surface area contributed by atoms with Crippen molar-refractivity contribution in [2.24, 2.45) is 10.2 Å². The molecule has 1 amide bonds. The summed E-state index contributed by atoms with van der Waals surface area (Å²) in [6.07, 6.45) is 1.67. The summed E-state index contributed by atoms with van der Waals surface area (Å²) in [4.78, 5) is 10.9. The maximum atomic E-state index is 10.9. The Balaban J connectivity index is 2.02. The van der Waals surface area contributed by atoms with Crippen LogP contribution in [0.1, 0.15) is 11.1 Å². The first-order valence-electron chi connectivity index (χ1n) is 4.84. The van der Waals surface area contributed by atoms with Crippen LogP contribution in [0.25, 0.3) is 0 Å². The van der Waals surface area contributed by atoms with Crippen LogP contribution in [0.3, 0.4) is 0 Å². The number of nitrogens with one attached hydrogen (secondary N) is 1. The van der Waals surface area contributed by atoms with Crippen molar-refractivity contribution in [3.63, 3.8) is 0 Å². The van der Waals surface area contributed by atoms with Crippen molar-refractivity contribution in [1.82, 2.24) is 5.32 Å². The van der Waals surface area contributed by atoms with E-state index in [1.54, 1.807) is 6.21 Å². The van der Waals surface area contributed by atoms with E-state index in [1.807, 2.05) is 31.2 Å². The highest BCUT2D eigenvalue weighted by molar-refractivity contribution is 8.15. The summed E-state index contributed by atoms with van der Waals surface area (Å²) in [7, 11) is 0. The van der Waals surface area contributed by atoms with Crippen molar-refractivity contribution < 1.29 is 4.79 Å². The number of benzene rings is 1. The maximum Gasteiger partial charge on any atom is 0.236 e. The zero-order valence-electron chi connectivity index (χ0n) is 8.80. The van der Waals surface area contributed by atoms with E-state index in [2.05, 4.69) is 15.5 Å². The normalized spacial score (nSPS) is 18.3. The highest BCUT2D eigenvalue weighted by Crippen LogP contribution is 2.08. The number of hydrogen-bond donors (Lipinski definition) is 1. The number of carbonyl (C=O) groups is 1. The molecular weight excluding hydrogens is 222 g/mol. The molecule has 1 aromatic carbocycles. The van der Waals surface area contributed by atoms with Gasteiger partial charge in [0, 0.05) is 0 Å². The van der Waals surface area contributed by atoms with Crippen molar-refractivity contribution in [2.75, 3.05) is 5.75 Å². The van der Waals surface area contributed by atoms with Crippen LogP contribution in [0.2, 0.25) is 0 Å². The number of aryl methyl sites for hydroxylation is 1. The number of nitrogens with zero attached hydrogens (tertiary/aromatic N) is 2. The summed E-state index contributed by atoms with van der Waals surface area (Å²) < 4.78 is 0. The number of amides is 1. The van der Waals surface area contributed by atoms with Gasteiger partial charge in [0.1, 0.15) is 0 Å². The minimum absolute atomic E-state index is 0.0190. The zero-order valence-corrected chi connectivity index (χ0v) is 9.62. The van der Waals surface area contributed by atoms with Crippen LogP contribution in [0.15, 0.2) is 34.5 Å². The third kappa shape index (κ3) is 2.93. The van der Waals surface area contributed by atoms with Gasteiger partial charge in [0.2, 0.25) is 5.91 Å². The third-order valence-electron chi connectivity index (χ3n) is 1.98. The molecule has 16 heavy (non-hydrogen) atoms. The summed E-state index contributed by atoms with van der Waals surface area (Å²) in [5, 5.41) is 11.0. The van der Waals surface area contributed by atoms with Crippen molar-refractivity contribution >= 4 is 29.1 Å². The topological polar surface area (TPSA) is 53.8 Å². The molecule has 1 aliphatic rings. The molecule has 1 N–H and O–H groups in total. The summed E-state index contributed by atoms with van der Waals surface area (Å²) >= 11 is 1.36. The fourth-order valence-corrected chi connectivity index (χ4v) is 1.91. The van der Waals surface area contributed by atoms with E-state index < -0.39 is 0 Å². The molecule has 0 aromatic heterocycles. The monoisotopic (exact) mass is 233 g/mol. The Hall–Kier alpha value is -1.62. The Morgan fingerprint density at radius 2 is 2.38 bits per heavy atom. The molecule has 0 unspecified atom stereocenters. The van der Waals surface area contributed by atoms with Crippen LogP contribution in [0.4, 0.5) is 0 Å². The summed E-state index contributed by atoms with van der Waals surface area (Å²) in [5.41, 5.74) is 2.18. The highest BCUT2D eigenvalue weighted by Gasteiger charge is 2.15. The lowest BCUT2D eigenvalue weighted by Crippen LogP contribution is -2.19. The van der Waals surface area contributed by atoms with E-state index in [-0.39, 0.29) is 5.91 Å². The second-order valence-corrected chi connectivity index (χ2v) is 4.36. The minimum atomic E-state index is -0.0190. The predicted octanol–water partition coefficient (Wildman–Crippen LogP) is 1.55. The molecule has 1 saturated heterocycles. The van der Waals surface area contributed by atoms with Gasteiger partial charge in [0.05, 0.1) is 12.0 Å². The second-order valence-electron chi connectivity index (χ2n) is 3.40. The quantitative estimate of drug-likeness (QED) is 0.622. The van der Waals surface area contributed by atoms with Gasteiger partial charge in [-0.15, -0.1) is 5.10 Å². The molecular formula is C11H11N3OS. The summed E-state index contributed by atoms with van der Waals surface area (Å²) in [6.45, 7) is 2.02. The Morgan fingerprint density at radius 1 is 1.50 bits per heavy atom. The van der Waals surface area contributed by atoms with Gasteiger partial charge in [-0.2, -0.15) is 5.10 Å². The van der Waals surface area contributed by atoms with E-state index in [1.165, 1.54) is 17.3 Å². The van der Waals surface area contributed by atoms with E-state index in [0.717, 1.165) is 5.56 Å². The molecule has 1 aromatic rings. The van der Waals surface area contributed by atoms with Crippen LogP contribution < -0.4 is 5.32 Å². The third-order valence-corrected chi connectivity index (χ3v) is 2.85. The van der Waals surface area contributed by atoms with E-state index in [0.29, 0.717) is 10.9 Å². The van der Waals surface area contributed by atoms with Crippen molar-refractivity contribution in [2.45, 2.75) is 6.92 Å². The highest BCUT2D eigenvalue weighted by atomic mass is 32.2. The molecule has 0 bridgehead atoms. The fourth-order valence-electron chi connectivity index (χ4n) is 1.28. The summed E-state index contributed by atoms with van der Waals surface area (Å²) in [5.74, 6) is 0.410. The zero-order chi connectivity index (χ0) is 11.4. The number of hydrogen-bond acceptors (Lipinski definition) is 4. The minimum Gasteiger partial charge on any atom is -0.303 e. The molecule has 1 heterocycles. The van der Waals surface area contributed by atoms with Crippen LogP contribution in [-0.4, -0.2) is 23.0 Å². The Labute approximate surface area is 97.8 Å². The average Bonchev–Trinajstić information content (AvgIpc) is 2.64. The molecule has 5 heteroatoms. The van der Waals surface area contributed by atoms with Crippen molar-refractivity contribution in [1.29, 1.82) is 0 Å². The predicted molar refractivity (Wildman–Crippen MR) is 66.8 cm³/mol. The Bertz CT molecular complexity index is 468. The van der Waals surface area contributed by atoms with Crippen LogP contribution in [0, 0.1) is 6.92 Å². The number of rotatable bonds is 2. The number of carbonyl (C=O) groups excluding carboxylic acids is 1. The standard InChI is InChI=1S/C11H11N3OS/c1-8-3-2-4-9(5-8)6-12-14-11-13-10(15)7-16-11/h2-6H,7H2,1H3,(H,13,14,15). The van der Waals surface area contributed by atoms with E-state index in [9.17, 15) is 4.79 Å². The first kappa shape index (κ1) is 10.9. The SMILES string of the molecule is Cc1cccc(C=N/N=C2\NC(=O)CS2)c1. The van der Waals surface area contributed by atoms with Crippen LogP contribution in [0.5, 0.6) is 0 Å². The largest absolute Gasteiger partial charge is 0.303 e. The first-order chi connectivity index (χ1) is 7.74. The van der Waals surface area contributed by atoms with Crippen LogP contribution >= 0.6 is 11.8 Å². The Morgan fingerprint density at radius 3 is 3.06 bits per heavy atom. The van der Waals surface area contributed by atoms with Crippen LogP contribution in [-0.2, 0) is 4.79 Å². The molecule has 0 spiro atoms. The van der Waals surface area contributed by atoms with Gasteiger partial charge in [-0.25, -0.2) is 0 Å². The molecule has 4 nitrogen and oxygen atoms in total. The molecule has 0 atom stereocenters.